The molecule has 1 aliphatic rings. The maximum absolute atomic E-state index is 12.7. The molecule has 0 bridgehead atoms. The number of thioether (sulfide) groups is 1. The fourth-order valence-corrected chi connectivity index (χ4v) is 5.33. The van der Waals surface area contributed by atoms with Gasteiger partial charge in [0.25, 0.3) is 5.91 Å². The summed E-state index contributed by atoms with van der Waals surface area (Å²) < 4.78 is 33.3. The number of rotatable bonds is 9. The maximum atomic E-state index is 12.7. The number of hydrogen-bond donors (Lipinski definition) is 2. The van der Waals surface area contributed by atoms with Gasteiger partial charge in [-0.1, -0.05) is 12.1 Å². The number of pyridine rings is 1. The molecule has 2 aromatic carbocycles. The van der Waals surface area contributed by atoms with Gasteiger partial charge in [0.2, 0.25) is 10.0 Å². The molecule has 1 amide bonds. The van der Waals surface area contributed by atoms with Gasteiger partial charge in [0, 0.05) is 47.4 Å². The summed E-state index contributed by atoms with van der Waals surface area (Å²) in [6.07, 6.45) is 5.27. The molecule has 3 aromatic rings. The van der Waals surface area contributed by atoms with Crippen molar-refractivity contribution in [3.63, 3.8) is 0 Å². The zero-order valence-corrected chi connectivity index (χ0v) is 19.6. The highest BCUT2D eigenvalue weighted by molar-refractivity contribution is 7.98. The van der Waals surface area contributed by atoms with Crippen molar-refractivity contribution in [3.8, 4) is 0 Å². The number of anilines is 1. The number of benzene rings is 2. The Bertz CT molecular complexity index is 1180. The second-order valence-electron chi connectivity index (χ2n) is 7.64. The average molecular weight is 484 g/mol. The van der Waals surface area contributed by atoms with E-state index in [-0.39, 0.29) is 29.0 Å². The number of hydrogen-bond acceptors (Lipinski definition) is 6. The predicted octanol–water partition coefficient (Wildman–Crippen LogP) is 4.08. The van der Waals surface area contributed by atoms with Crippen LogP contribution in [-0.2, 0) is 20.5 Å². The fourth-order valence-electron chi connectivity index (χ4n) is 3.38. The van der Waals surface area contributed by atoms with Crippen molar-refractivity contribution in [2.24, 2.45) is 0 Å². The van der Waals surface area contributed by atoms with Crippen LogP contribution < -0.4 is 10.0 Å². The largest absolute Gasteiger partial charge is 0.377 e. The van der Waals surface area contributed by atoms with Crippen molar-refractivity contribution in [3.05, 3.63) is 84.2 Å². The number of ether oxygens (including phenoxy) is 1. The van der Waals surface area contributed by atoms with Crippen LogP contribution in [0, 0.1) is 0 Å². The Morgan fingerprint density at radius 1 is 1.12 bits per heavy atom. The predicted molar refractivity (Wildman–Crippen MR) is 129 cm³/mol. The molecule has 172 valence electrons. The summed E-state index contributed by atoms with van der Waals surface area (Å²) in [5.74, 6) is 0.434. The lowest BCUT2D eigenvalue weighted by molar-refractivity contribution is 0.102. The molecule has 9 heteroatoms. The summed E-state index contributed by atoms with van der Waals surface area (Å²) in [5, 5.41) is 2.82. The van der Waals surface area contributed by atoms with Crippen LogP contribution in [0.2, 0.25) is 0 Å². The van der Waals surface area contributed by atoms with Crippen LogP contribution in [0.4, 0.5) is 5.69 Å². The van der Waals surface area contributed by atoms with E-state index in [0.29, 0.717) is 12.3 Å². The smallest absolute Gasteiger partial charge is 0.255 e. The van der Waals surface area contributed by atoms with E-state index in [1.165, 1.54) is 12.1 Å². The molecule has 0 saturated carbocycles. The van der Waals surface area contributed by atoms with E-state index in [9.17, 15) is 13.2 Å². The summed E-state index contributed by atoms with van der Waals surface area (Å²) in [7, 11) is -3.73. The minimum Gasteiger partial charge on any atom is -0.377 e. The van der Waals surface area contributed by atoms with E-state index >= 15 is 0 Å². The van der Waals surface area contributed by atoms with Gasteiger partial charge in [0.1, 0.15) is 0 Å². The Labute approximate surface area is 198 Å². The molecule has 2 heterocycles. The van der Waals surface area contributed by atoms with Gasteiger partial charge in [-0.3, -0.25) is 9.78 Å². The third-order valence-electron chi connectivity index (χ3n) is 5.17. The molecular weight excluding hydrogens is 458 g/mol. The lowest BCUT2D eigenvalue weighted by atomic mass is 10.2. The lowest BCUT2D eigenvalue weighted by Crippen LogP contribution is -2.32. The highest BCUT2D eigenvalue weighted by Crippen LogP contribution is 2.24. The van der Waals surface area contributed by atoms with E-state index in [1.807, 2.05) is 42.6 Å². The number of nitrogens with zero attached hydrogens (tertiary/aromatic N) is 1. The first kappa shape index (κ1) is 23.4. The Morgan fingerprint density at radius 3 is 2.70 bits per heavy atom. The van der Waals surface area contributed by atoms with Crippen LogP contribution in [0.1, 0.15) is 28.8 Å². The van der Waals surface area contributed by atoms with E-state index in [1.54, 1.807) is 30.1 Å². The summed E-state index contributed by atoms with van der Waals surface area (Å²) in [6.45, 7) is 0.885. The standard InChI is InChI=1S/C24H25N3O4S2/c28-24(27-20-8-10-22(11-9-20)32-17-18-4-2-12-25-15-18)19-5-1-7-23(14-19)33(29,30)26-16-21-6-3-13-31-21/h1-2,4-5,7-12,14-15,21,26H,3,6,13,16-17H2,(H,27,28). The molecule has 0 radical (unpaired) electrons. The first-order chi connectivity index (χ1) is 16.0. The number of nitrogens with one attached hydrogen (secondary N) is 2. The fraction of sp³-hybridized carbons (Fsp3) is 0.250. The van der Waals surface area contributed by atoms with Gasteiger partial charge in [-0.25, -0.2) is 13.1 Å². The van der Waals surface area contributed by atoms with E-state index in [0.717, 1.165) is 29.1 Å². The molecule has 1 aromatic heterocycles. The first-order valence-corrected chi connectivity index (χ1v) is 13.1. The lowest BCUT2D eigenvalue weighted by Gasteiger charge is -2.12. The van der Waals surface area contributed by atoms with Crippen LogP contribution >= 0.6 is 11.8 Å². The number of carbonyl (C=O) groups is 1. The molecule has 1 aliphatic heterocycles. The van der Waals surface area contributed by atoms with Crippen LogP contribution in [0.3, 0.4) is 0 Å². The summed E-state index contributed by atoms with van der Waals surface area (Å²) in [4.78, 5) is 17.9. The van der Waals surface area contributed by atoms with E-state index in [4.69, 9.17) is 4.74 Å². The summed E-state index contributed by atoms with van der Waals surface area (Å²) in [5.41, 5.74) is 2.04. The van der Waals surface area contributed by atoms with Gasteiger partial charge >= 0.3 is 0 Å². The highest BCUT2D eigenvalue weighted by atomic mass is 32.2. The quantitative estimate of drug-likeness (QED) is 0.445. The monoisotopic (exact) mass is 483 g/mol. The van der Waals surface area contributed by atoms with Crippen molar-refractivity contribution in [1.82, 2.24) is 9.71 Å². The van der Waals surface area contributed by atoms with Crippen molar-refractivity contribution in [2.45, 2.75) is 34.5 Å². The first-order valence-electron chi connectivity index (χ1n) is 10.6. The second-order valence-corrected chi connectivity index (χ2v) is 10.5. The molecule has 33 heavy (non-hydrogen) atoms. The Kier molecular flexibility index (Phi) is 7.77. The molecule has 2 N–H and O–H groups in total. The van der Waals surface area contributed by atoms with Crippen LogP contribution in [0.25, 0.3) is 0 Å². The Morgan fingerprint density at radius 2 is 1.97 bits per heavy atom. The molecule has 1 saturated heterocycles. The Hall–Kier alpha value is -2.72. The maximum Gasteiger partial charge on any atom is 0.255 e. The topological polar surface area (TPSA) is 97.4 Å². The van der Waals surface area contributed by atoms with Crippen molar-refractivity contribution in [2.75, 3.05) is 18.5 Å². The molecular formula is C24H25N3O4S2. The van der Waals surface area contributed by atoms with Crippen LogP contribution in [-0.4, -0.2) is 38.6 Å². The number of amides is 1. The molecule has 7 nitrogen and oxygen atoms in total. The van der Waals surface area contributed by atoms with Crippen molar-refractivity contribution in [1.29, 1.82) is 0 Å². The highest BCUT2D eigenvalue weighted by Gasteiger charge is 2.21. The van der Waals surface area contributed by atoms with Crippen LogP contribution in [0.15, 0.2) is 82.8 Å². The van der Waals surface area contributed by atoms with Gasteiger partial charge in [0.15, 0.2) is 0 Å². The average Bonchev–Trinajstić information content (AvgIpc) is 3.37. The third-order valence-corrected chi connectivity index (χ3v) is 7.68. The normalized spacial score (nSPS) is 15.9. The zero-order chi connectivity index (χ0) is 23.1. The third kappa shape index (κ3) is 6.64. The van der Waals surface area contributed by atoms with Crippen molar-refractivity contribution < 1.29 is 17.9 Å². The van der Waals surface area contributed by atoms with Gasteiger partial charge < -0.3 is 10.1 Å². The minimum absolute atomic E-state index is 0.0512. The number of sulfonamides is 1. The zero-order valence-electron chi connectivity index (χ0n) is 17.9. The molecule has 1 fully saturated rings. The molecule has 1 unspecified atom stereocenters. The molecule has 1 atom stereocenters. The Balaban J connectivity index is 1.35. The number of aromatic nitrogens is 1. The summed E-state index contributed by atoms with van der Waals surface area (Å²) >= 11 is 1.68. The molecule has 0 spiro atoms. The molecule has 4 rings (SSSR count). The van der Waals surface area contributed by atoms with E-state index < -0.39 is 10.0 Å². The van der Waals surface area contributed by atoms with Crippen LogP contribution in [0.5, 0.6) is 0 Å². The van der Waals surface area contributed by atoms with Gasteiger partial charge in [-0.05, 0) is 66.9 Å². The number of carbonyl (C=O) groups excluding carboxylic acids is 1. The second kappa shape index (κ2) is 10.9. The van der Waals surface area contributed by atoms with E-state index in [2.05, 4.69) is 15.0 Å². The SMILES string of the molecule is O=C(Nc1ccc(SCc2cccnc2)cc1)c1cccc(S(=O)(=O)NCC2CCCO2)c1. The van der Waals surface area contributed by atoms with Gasteiger partial charge in [-0.2, -0.15) is 0 Å². The van der Waals surface area contributed by atoms with Gasteiger partial charge in [-0.15, -0.1) is 11.8 Å². The molecule has 0 aliphatic carbocycles. The minimum atomic E-state index is -3.73. The summed E-state index contributed by atoms with van der Waals surface area (Å²) in [6, 6.07) is 17.5. The van der Waals surface area contributed by atoms with Crippen molar-refractivity contribution >= 4 is 33.4 Å². The van der Waals surface area contributed by atoms with Gasteiger partial charge in [0.05, 0.1) is 11.0 Å².